The van der Waals surface area contributed by atoms with Gasteiger partial charge in [0.15, 0.2) is 0 Å². The molecular weight excluding hydrogens is 210 g/mol. The van der Waals surface area contributed by atoms with Crippen molar-refractivity contribution < 1.29 is 0 Å². The van der Waals surface area contributed by atoms with E-state index in [9.17, 15) is 0 Å². The summed E-state index contributed by atoms with van der Waals surface area (Å²) in [4.78, 5) is 8.83. The molecule has 1 heterocycles. The Hall–Kier alpha value is -1.12. The predicted octanol–water partition coefficient (Wildman–Crippen LogP) is 3.59. The molecule has 1 aromatic heterocycles. The van der Waals surface area contributed by atoms with Crippen LogP contribution < -0.4 is 5.32 Å². The SMILES string of the molecule is CCCCc1ncnc(NCCC)c1CCC. The van der Waals surface area contributed by atoms with Gasteiger partial charge in [-0.3, -0.25) is 0 Å². The van der Waals surface area contributed by atoms with Crippen molar-refractivity contribution in [3.05, 3.63) is 17.6 Å². The highest BCUT2D eigenvalue weighted by molar-refractivity contribution is 5.46. The van der Waals surface area contributed by atoms with E-state index in [1.54, 1.807) is 6.33 Å². The van der Waals surface area contributed by atoms with Gasteiger partial charge in [-0.05, 0) is 25.7 Å². The summed E-state index contributed by atoms with van der Waals surface area (Å²) in [5.41, 5.74) is 2.57. The van der Waals surface area contributed by atoms with Crippen molar-refractivity contribution in [2.75, 3.05) is 11.9 Å². The first-order valence-corrected chi connectivity index (χ1v) is 6.90. The first-order valence-electron chi connectivity index (χ1n) is 6.90. The lowest BCUT2D eigenvalue weighted by atomic mass is 10.0. The van der Waals surface area contributed by atoms with E-state index < -0.39 is 0 Å². The number of hydrogen-bond donors (Lipinski definition) is 1. The summed E-state index contributed by atoms with van der Waals surface area (Å²) in [5.74, 6) is 1.05. The summed E-state index contributed by atoms with van der Waals surface area (Å²) in [6.45, 7) is 7.59. The molecule has 0 aliphatic carbocycles. The van der Waals surface area contributed by atoms with Gasteiger partial charge in [-0.1, -0.05) is 33.6 Å². The average molecular weight is 235 g/mol. The Labute approximate surface area is 105 Å². The molecule has 3 heteroatoms. The molecule has 17 heavy (non-hydrogen) atoms. The van der Waals surface area contributed by atoms with Crippen molar-refractivity contribution in [1.82, 2.24) is 9.97 Å². The summed E-state index contributed by atoms with van der Waals surface area (Å²) < 4.78 is 0. The monoisotopic (exact) mass is 235 g/mol. The number of rotatable bonds is 8. The second-order valence-electron chi connectivity index (χ2n) is 4.43. The number of aryl methyl sites for hydroxylation is 1. The molecule has 96 valence electrons. The summed E-state index contributed by atoms with van der Waals surface area (Å²) in [6.07, 6.45) is 8.55. The first-order chi connectivity index (χ1) is 8.33. The van der Waals surface area contributed by atoms with Crippen LogP contribution in [0, 0.1) is 0 Å². The zero-order chi connectivity index (χ0) is 12.5. The van der Waals surface area contributed by atoms with Crippen LogP contribution in [0.4, 0.5) is 5.82 Å². The minimum atomic E-state index is 0.987. The summed E-state index contributed by atoms with van der Waals surface area (Å²) in [6, 6.07) is 0. The normalized spacial score (nSPS) is 10.5. The van der Waals surface area contributed by atoms with E-state index >= 15 is 0 Å². The number of anilines is 1. The smallest absolute Gasteiger partial charge is 0.132 e. The van der Waals surface area contributed by atoms with E-state index in [2.05, 4.69) is 36.1 Å². The standard InChI is InChI=1S/C14H25N3/c1-4-7-9-13-12(8-5-2)14(15-10-6-3)17-11-16-13/h11H,4-10H2,1-3H3,(H,15,16,17). The zero-order valence-corrected chi connectivity index (χ0v) is 11.4. The van der Waals surface area contributed by atoms with Crippen molar-refractivity contribution in [2.24, 2.45) is 0 Å². The molecule has 0 aliphatic heterocycles. The molecule has 0 spiro atoms. The third kappa shape index (κ3) is 4.33. The van der Waals surface area contributed by atoms with Gasteiger partial charge in [-0.2, -0.15) is 0 Å². The topological polar surface area (TPSA) is 37.8 Å². The first kappa shape index (κ1) is 13.9. The van der Waals surface area contributed by atoms with Gasteiger partial charge in [0.2, 0.25) is 0 Å². The van der Waals surface area contributed by atoms with Crippen molar-refractivity contribution in [1.29, 1.82) is 0 Å². The summed E-state index contributed by atoms with van der Waals surface area (Å²) >= 11 is 0. The van der Waals surface area contributed by atoms with E-state index in [0.29, 0.717) is 0 Å². The van der Waals surface area contributed by atoms with E-state index in [4.69, 9.17) is 0 Å². The van der Waals surface area contributed by atoms with E-state index in [1.165, 1.54) is 24.1 Å². The van der Waals surface area contributed by atoms with Crippen LogP contribution >= 0.6 is 0 Å². The maximum Gasteiger partial charge on any atom is 0.132 e. The number of nitrogens with one attached hydrogen (secondary N) is 1. The largest absolute Gasteiger partial charge is 0.370 e. The fourth-order valence-corrected chi connectivity index (χ4v) is 1.92. The van der Waals surface area contributed by atoms with Gasteiger partial charge in [0.25, 0.3) is 0 Å². The van der Waals surface area contributed by atoms with Crippen LogP contribution in [0.15, 0.2) is 6.33 Å². The van der Waals surface area contributed by atoms with Crippen LogP contribution in [0.3, 0.4) is 0 Å². The van der Waals surface area contributed by atoms with Gasteiger partial charge in [0, 0.05) is 17.8 Å². The van der Waals surface area contributed by atoms with E-state index in [1.807, 2.05) is 0 Å². The van der Waals surface area contributed by atoms with Crippen LogP contribution in [0.25, 0.3) is 0 Å². The Kier molecular flexibility index (Phi) is 6.60. The van der Waals surface area contributed by atoms with Crippen molar-refractivity contribution in [2.45, 2.75) is 59.3 Å². The maximum atomic E-state index is 4.45. The highest BCUT2D eigenvalue weighted by Crippen LogP contribution is 2.19. The summed E-state index contributed by atoms with van der Waals surface area (Å²) in [7, 11) is 0. The molecule has 1 aromatic rings. The molecule has 0 saturated carbocycles. The second-order valence-corrected chi connectivity index (χ2v) is 4.43. The number of unbranched alkanes of at least 4 members (excludes halogenated alkanes) is 1. The van der Waals surface area contributed by atoms with Crippen molar-refractivity contribution in [3.63, 3.8) is 0 Å². The average Bonchev–Trinajstić information content (AvgIpc) is 2.36. The Balaban J connectivity index is 2.86. The minimum Gasteiger partial charge on any atom is -0.370 e. The maximum absolute atomic E-state index is 4.45. The molecule has 0 atom stereocenters. The molecule has 3 nitrogen and oxygen atoms in total. The number of aromatic nitrogens is 2. The van der Waals surface area contributed by atoms with Gasteiger partial charge in [-0.25, -0.2) is 9.97 Å². The lowest BCUT2D eigenvalue weighted by Gasteiger charge is -2.13. The molecule has 0 amide bonds. The minimum absolute atomic E-state index is 0.987. The second kappa shape index (κ2) is 8.04. The zero-order valence-electron chi connectivity index (χ0n) is 11.4. The summed E-state index contributed by atoms with van der Waals surface area (Å²) in [5, 5.41) is 3.41. The highest BCUT2D eigenvalue weighted by atomic mass is 15.0. The number of hydrogen-bond acceptors (Lipinski definition) is 3. The van der Waals surface area contributed by atoms with Gasteiger partial charge >= 0.3 is 0 Å². The Morgan fingerprint density at radius 1 is 1.00 bits per heavy atom. The molecule has 0 fully saturated rings. The van der Waals surface area contributed by atoms with Crippen molar-refractivity contribution in [3.8, 4) is 0 Å². The molecular formula is C14H25N3. The molecule has 0 aliphatic rings. The Morgan fingerprint density at radius 2 is 1.82 bits per heavy atom. The third-order valence-electron chi connectivity index (χ3n) is 2.84. The van der Waals surface area contributed by atoms with E-state index in [0.717, 1.165) is 38.0 Å². The fourth-order valence-electron chi connectivity index (χ4n) is 1.92. The molecule has 1 N–H and O–H groups in total. The van der Waals surface area contributed by atoms with Gasteiger partial charge in [0.05, 0.1) is 0 Å². The Bertz CT molecular complexity index is 297. The van der Waals surface area contributed by atoms with Crippen molar-refractivity contribution >= 4 is 5.82 Å². The van der Waals surface area contributed by atoms with Crippen LogP contribution in [0.1, 0.15) is 57.7 Å². The van der Waals surface area contributed by atoms with Gasteiger partial charge in [0.1, 0.15) is 12.1 Å². The third-order valence-corrected chi connectivity index (χ3v) is 2.84. The molecule has 0 bridgehead atoms. The lowest BCUT2D eigenvalue weighted by molar-refractivity contribution is 0.752. The van der Waals surface area contributed by atoms with Gasteiger partial charge < -0.3 is 5.32 Å². The molecule has 0 radical (unpaired) electrons. The quantitative estimate of drug-likeness (QED) is 0.748. The van der Waals surface area contributed by atoms with Crippen LogP contribution in [-0.4, -0.2) is 16.5 Å². The molecule has 0 aromatic carbocycles. The van der Waals surface area contributed by atoms with Crippen LogP contribution in [0.2, 0.25) is 0 Å². The van der Waals surface area contributed by atoms with Gasteiger partial charge in [-0.15, -0.1) is 0 Å². The highest BCUT2D eigenvalue weighted by Gasteiger charge is 2.09. The molecule has 0 unspecified atom stereocenters. The van der Waals surface area contributed by atoms with E-state index in [-0.39, 0.29) is 0 Å². The Morgan fingerprint density at radius 3 is 2.47 bits per heavy atom. The molecule has 1 rings (SSSR count). The predicted molar refractivity (Wildman–Crippen MR) is 73.4 cm³/mol. The number of nitrogens with zero attached hydrogens (tertiary/aromatic N) is 2. The van der Waals surface area contributed by atoms with Crippen LogP contribution in [0.5, 0.6) is 0 Å². The van der Waals surface area contributed by atoms with Crippen LogP contribution in [-0.2, 0) is 12.8 Å². The molecule has 0 saturated heterocycles. The fraction of sp³-hybridized carbons (Fsp3) is 0.714. The lowest BCUT2D eigenvalue weighted by Crippen LogP contribution is -2.09.